The lowest BCUT2D eigenvalue weighted by Gasteiger charge is -2.21. The van der Waals surface area contributed by atoms with Crippen molar-refractivity contribution in [1.29, 1.82) is 0 Å². The first-order chi connectivity index (χ1) is 12.4. The van der Waals surface area contributed by atoms with E-state index in [1.165, 1.54) is 12.1 Å². The van der Waals surface area contributed by atoms with Crippen LogP contribution in [0.15, 0.2) is 24.3 Å². The molecule has 0 aliphatic heterocycles. The van der Waals surface area contributed by atoms with Gasteiger partial charge in [-0.2, -0.15) is 0 Å². The maximum atomic E-state index is 13.2. The third-order valence-electron chi connectivity index (χ3n) is 3.51. The minimum atomic E-state index is -4.27. The Hall–Kier alpha value is -2.40. The summed E-state index contributed by atoms with van der Waals surface area (Å²) in [6, 6.07) is 4.99. The molecule has 0 saturated heterocycles. The number of halogens is 1. The molecule has 0 unspecified atom stereocenters. The Kier molecular flexibility index (Phi) is 5.66. The largest absolute Gasteiger partial charge is 0.298 e. The van der Waals surface area contributed by atoms with Crippen molar-refractivity contribution in [3.63, 3.8) is 0 Å². The van der Waals surface area contributed by atoms with Crippen LogP contribution in [0.3, 0.4) is 0 Å². The number of carbonyl (C=O) groups excluding carboxylic acids is 1. The van der Waals surface area contributed by atoms with Crippen molar-refractivity contribution < 1.29 is 26.0 Å². The first-order valence-corrected chi connectivity index (χ1v) is 11.4. The van der Waals surface area contributed by atoms with Gasteiger partial charge in [-0.3, -0.25) is 4.79 Å². The molecule has 1 heterocycles. The highest BCUT2D eigenvalue weighted by Crippen LogP contribution is 2.30. The highest BCUT2D eigenvalue weighted by molar-refractivity contribution is 8.09. The molecule has 0 radical (unpaired) electrons. The second-order valence-corrected chi connectivity index (χ2v) is 10.1. The van der Waals surface area contributed by atoms with Crippen LogP contribution < -0.4 is 3.71 Å². The molecule has 0 amide bonds. The van der Waals surface area contributed by atoms with Gasteiger partial charge < -0.3 is 0 Å². The molecule has 0 fully saturated rings. The molecule has 11 heteroatoms. The molecule has 1 aromatic carbocycles. The zero-order chi connectivity index (χ0) is 20.6. The highest BCUT2D eigenvalue weighted by atomic mass is 32.3. The summed E-state index contributed by atoms with van der Waals surface area (Å²) in [6.45, 7) is 3.41. The van der Waals surface area contributed by atoms with Crippen LogP contribution in [0, 0.1) is 5.82 Å². The molecule has 8 nitrogen and oxygen atoms in total. The SMILES string of the molecule is CC(C)c1nc(N(S(C)(=O)=O)S(C)(=O)=O)nc(-c2ccc(F)cc2)c1C=O. The summed E-state index contributed by atoms with van der Waals surface area (Å²) in [5, 5.41) is 0. The second kappa shape index (κ2) is 7.31. The quantitative estimate of drug-likeness (QED) is 0.662. The van der Waals surface area contributed by atoms with E-state index in [2.05, 4.69) is 9.97 Å². The third kappa shape index (κ3) is 4.48. The normalized spacial score (nSPS) is 12.2. The Labute approximate surface area is 157 Å². The van der Waals surface area contributed by atoms with E-state index in [1.54, 1.807) is 13.8 Å². The number of sulfonamides is 2. The molecule has 146 valence electrons. The fraction of sp³-hybridized carbons (Fsp3) is 0.312. The summed E-state index contributed by atoms with van der Waals surface area (Å²) in [6.07, 6.45) is 1.92. The van der Waals surface area contributed by atoms with E-state index in [9.17, 15) is 26.0 Å². The fourth-order valence-corrected chi connectivity index (χ4v) is 5.21. The molecule has 0 atom stereocenters. The summed E-state index contributed by atoms with van der Waals surface area (Å²) >= 11 is 0. The molecule has 27 heavy (non-hydrogen) atoms. The number of aromatic nitrogens is 2. The average Bonchev–Trinajstić information content (AvgIpc) is 2.52. The van der Waals surface area contributed by atoms with E-state index < -0.39 is 31.8 Å². The molecular formula is C16H18FN3O5S2. The van der Waals surface area contributed by atoms with Crippen LogP contribution >= 0.6 is 0 Å². The smallest absolute Gasteiger partial charge is 0.254 e. The van der Waals surface area contributed by atoms with Gasteiger partial charge in [-0.1, -0.05) is 13.8 Å². The predicted octanol–water partition coefficient (Wildman–Crippen LogP) is 1.94. The van der Waals surface area contributed by atoms with Crippen LogP contribution in [-0.4, -0.2) is 45.6 Å². The van der Waals surface area contributed by atoms with Gasteiger partial charge in [0.05, 0.1) is 29.5 Å². The van der Waals surface area contributed by atoms with E-state index in [-0.39, 0.29) is 26.6 Å². The molecule has 0 bridgehead atoms. The number of aldehydes is 1. The molecule has 0 aliphatic rings. The molecule has 1 aromatic heterocycles. The van der Waals surface area contributed by atoms with Crippen LogP contribution in [0.5, 0.6) is 0 Å². The summed E-state index contributed by atoms with van der Waals surface area (Å²) in [5.41, 5.74) is 0.566. The zero-order valence-electron chi connectivity index (χ0n) is 15.0. The van der Waals surface area contributed by atoms with Crippen molar-refractivity contribution in [2.45, 2.75) is 19.8 Å². The van der Waals surface area contributed by atoms with Gasteiger partial charge in [0.2, 0.25) is 20.0 Å². The van der Waals surface area contributed by atoms with Crippen LogP contribution in [0.1, 0.15) is 35.8 Å². The van der Waals surface area contributed by atoms with E-state index in [4.69, 9.17) is 0 Å². The van der Waals surface area contributed by atoms with Gasteiger partial charge in [-0.15, -0.1) is 3.71 Å². The molecule has 0 saturated carbocycles. The first kappa shape index (κ1) is 20.9. The summed E-state index contributed by atoms with van der Waals surface area (Å²) in [7, 11) is -8.54. The number of rotatable bonds is 6. The number of benzene rings is 1. The topological polar surface area (TPSA) is 114 Å². The second-order valence-electron chi connectivity index (χ2n) is 6.17. The van der Waals surface area contributed by atoms with Crippen LogP contribution in [-0.2, 0) is 20.0 Å². The lowest BCUT2D eigenvalue weighted by molar-refractivity contribution is 0.112. The number of nitrogens with zero attached hydrogens (tertiary/aromatic N) is 3. The molecule has 0 N–H and O–H groups in total. The van der Waals surface area contributed by atoms with Crippen molar-refractivity contribution in [2.24, 2.45) is 0 Å². The van der Waals surface area contributed by atoms with Gasteiger partial charge in [0, 0.05) is 5.56 Å². The van der Waals surface area contributed by atoms with Crippen molar-refractivity contribution in [3.8, 4) is 11.3 Å². The monoisotopic (exact) mass is 415 g/mol. The molecular weight excluding hydrogens is 397 g/mol. The number of anilines is 1. The molecule has 2 rings (SSSR count). The Balaban J connectivity index is 2.92. The summed E-state index contributed by atoms with van der Waals surface area (Å²) in [4.78, 5) is 19.7. The van der Waals surface area contributed by atoms with Gasteiger partial charge in [0.25, 0.3) is 5.95 Å². The maximum absolute atomic E-state index is 13.2. The Bertz CT molecular complexity index is 1050. The summed E-state index contributed by atoms with van der Waals surface area (Å²) < 4.78 is 61.6. The van der Waals surface area contributed by atoms with Gasteiger partial charge in [0.15, 0.2) is 6.29 Å². The Morgan fingerprint density at radius 2 is 1.52 bits per heavy atom. The highest BCUT2D eigenvalue weighted by Gasteiger charge is 2.32. The lowest BCUT2D eigenvalue weighted by atomic mass is 9.99. The van der Waals surface area contributed by atoms with E-state index in [0.29, 0.717) is 24.4 Å². The molecule has 0 aliphatic carbocycles. The van der Waals surface area contributed by atoms with Crippen molar-refractivity contribution >= 4 is 32.3 Å². The predicted molar refractivity (Wildman–Crippen MR) is 99.1 cm³/mol. The molecule has 2 aromatic rings. The van der Waals surface area contributed by atoms with Gasteiger partial charge in [0.1, 0.15) is 5.82 Å². The van der Waals surface area contributed by atoms with Crippen LogP contribution in [0.4, 0.5) is 10.3 Å². The van der Waals surface area contributed by atoms with E-state index >= 15 is 0 Å². The van der Waals surface area contributed by atoms with Crippen molar-refractivity contribution in [2.75, 3.05) is 16.2 Å². The van der Waals surface area contributed by atoms with Gasteiger partial charge in [-0.05, 0) is 30.2 Å². The third-order valence-corrected chi connectivity index (χ3v) is 6.67. The number of hydrogen-bond donors (Lipinski definition) is 0. The first-order valence-electron chi connectivity index (χ1n) is 7.69. The minimum absolute atomic E-state index is 0.0102. The van der Waals surface area contributed by atoms with Crippen molar-refractivity contribution in [3.05, 3.63) is 41.3 Å². The number of hydrogen-bond acceptors (Lipinski definition) is 7. The average molecular weight is 415 g/mol. The number of carbonyl (C=O) groups is 1. The lowest BCUT2D eigenvalue weighted by Crippen LogP contribution is -2.37. The van der Waals surface area contributed by atoms with E-state index in [1.807, 2.05) is 0 Å². The van der Waals surface area contributed by atoms with Gasteiger partial charge in [-0.25, -0.2) is 31.2 Å². The minimum Gasteiger partial charge on any atom is -0.298 e. The summed E-state index contributed by atoms with van der Waals surface area (Å²) in [5.74, 6) is -1.46. The van der Waals surface area contributed by atoms with Crippen LogP contribution in [0.25, 0.3) is 11.3 Å². The van der Waals surface area contributed by atoms with Crippen LogP contribution in [0.2, 0.25) is 0 Å². The van der Waals surface area contributed by atoms with Crippen molar-refractivity contribution in [1.82, 2.24) is 9.97 Å². The fourth-order valence-electron chi connectivity index (χ4n) is 2.48. The Morgan fingerprint density at radius 1 is 1.00 bits per heavy atom. The Morgan fingerprint density at radius 3 is 1.93 bits per heavy atom. The van der Waals surface area contributed by atoms with E-state index in [0.717, 1.165) is 12.1 Å². The zero-order valence-corrected chi connectivity index (χ0v) is 16.7. The maximum Gasteiger partial charge on any atom is 0.254 e. The molecule has 0 spiro atoms. The van der Waals surface area contributed by atoms with Gasteiger partial charge >= 0.3 is 0 Å². The standard InChI is InChI=1S/C16H18FN3O5S2/c1-10(2)14-13(9-21)15(11-5-7-12(17)8-6-11)19-16(18-14)20(26(3,22)23)27(4,24)25/h5-10H,1-4H3.